The number of halogens is 3. The fourth-order valence-corrected chi connectivity index (χ4v) is 1.63. The van der Waals surface area contributed by atoms with Crippen LogP contribution in [0.15, 0.2) is 30.3 Å². The van der Waals surface area contributed by atoms with Crippen LogP contribution in [-0.4, -0.2) is 35.7 Å². The van der Waals surface area contributed by atoms with Crippen LogP contribution in [0.3, 0.4) is 0 Å². The number of rotatable bonds is 6. The van der Waals surface area contributed by atoms with E-state index in [0.717, 1.165) is 6.92 Å². The summed E-state index contributed by atoms with van der Waals surface area (Å²) in [5, 5.41) is 3.30. The Morgan fingerprint density at radius 3 is 2.24 bits per heavy atom. The van der Waals surface area contributed by atoms with Crippen molar-refractivity contribution in [2.24, 2.45) is 5.73 Å². The van der Waals surface area contributed by atoms with Gasteiger partial charge >= 0.3 is 12.3 Å². The van der Waals surface area contributed by atoms with Crippen LogP contribution in [-0.2, 0) is 20.9 Å². The Bertz CT molecular complexity index is 637. The molecule has 7 nitrogen and oxygen atoms in total. The van der Waals surface area contributed by atoms with Gasteiger partial charge in [-0.25, -0.2) is 4.79 Å². The zero-order valence-corrected chi connectivity index (χ0v) is 13.5. The van der Waals surface area contributed by atoms with E-state index < -0.39 is 35.7 Å². The van der Waals surface area contributed by atoms with Crippen LogP contribution in [0.5, 0.6) is 0 Å². The van der Waals surface area contributed by atoms with Gasteiger partial charge < -0.3 is 15.8 Å². The summed E-state index contributed by atoms with van der Waals surface area (Å²) in [6, 6.07) is 6.91. The molecule has 0 heterocycles. The van der Waals surface area contributed by atoms with Crippen molar-refractivity contribution in [1.29, 1.82) is 0 Å². The van der Waals surface area contributed by atoms with Crippen molar-refractivity contribution in [3.8, 4) is 0 Å². The maximum atomic E-state index is 13.3. The molecule has 0 bridgehead atoms. The Hall–Kier alpha value is -2.78. The van der Waals surface area contributed by atoms with Crippen LogP contribution in [0, 0.1) is 0 Å². The van der Waals surface area contributed by atoms with Crippen molar-refractivity contribution in [1.82, 2.24) is 10.6 Å². The summed E-state index contributed by atoms with van der Waals surface area (Å²) in [6.07, 6.45) is -6.58. The highest BCUT2D eigenvalue weighted by molar-refractivity contribution is 5.94. The zero-order chi connectivity index (χ0) is 19.3. The quantitative estimate of drug-likeness (QED) is 0.707. The number of carbonyl (C=O) groups excluding carboxylic acids is 3. The topological polar surface area (TPSA) is 111 Å². The molecule has 2 atom stereocenters. The molecule has 0 saturated heterocycles. The Balaban J connectivity index is 2.82. The minimum atomic E-state index is -5.14. The second-order valence-corrected chi connectivity index (χ2v) is 5.41. The molecular weight excluding hydrogens is 343 g/mol. The first-order chi connectivity index (χ1) is 11.5. The highest BCUT2D eigenvalue weighted by Gasteiger charge is 2.58. The Morgan fingerprint density at radius 1 is 1.20 bits per heavy atom. The second-order valence-electron chi connectivity index (χ2n) is 5.41. The normalized spacial score (nSPS) is 14.8. The molecule has 0 spiro atoms. The number of carbonyl (C=O) groups is 3. The fourth-order valence-electron chi connectivity index (χ4n) is 1.63. The van der Waals surface area contributed by atoms with Gasteiger partial charge in [0, 0.05) is 0 Å². The number of benzene rings is 1. The summed E-state index contributed by atoms with van der Waals surface area (Å²) in [5.74, 6) is -2.66. The van der Waals surface area contributed by atoms with Crippen LogP contribution >= 0.6 is 0 Å². The Kier molecular flexibility index (Phi) is 6.37. The molecule has 0 aliphatic heterocycles. The number of nitrogens with two attached hydrogens (primary N) is 1. The number of hydrogen-bond acceptors (Lipinski definition) is 4. The monoisotopic (exact) mass is 361 g/mol. The molecule has 1 aromatic carbocycles. The summed E-state index contributed by atoms with van der Waals surface area (Å²) < 4.78 is 44.5. The van der Waals surface area contributed by atoms with E-state index in [4.69, 9.17) is 10.5 Å². The highest BCUT2D eigenvalue weighted by Crippen LogP contribution is 2.30. The van der Waals surface area contributed by atoms with Crippen LogP contribution in [0.2, 0.25) is 0 Å². The number of nitrogens with one attached hydrogen (secondary N) is 2. The molecule has 0 radical (unpaired) electrons. The first kappa shape index (κ1) is 20.3. The molecule has 138 valence electrons. The number of primary amides is 1. The average molecular weight is 361 g/mol. The molecule has 10 heteroatoms. The summed E-state index contributed by atoms with van der Waals surface area (Å²) in [5.41, 5.74) is 2.16. The smallest absolute Gasteiger partial charge is 0.420 e. The van der Waals surface area contributed by atoms with E-state index in [-0.39, 0.29) is 6.61 Å². The van der Waals surface area contributed by atoms with Crippen molar-refractivity contribution in [3.63, 3.8) is 0 Å². The van der Waals surface area contributed by atoms with Crippen molar-refractivity contribution >= 4 is 17.9 Å². The predicted molar refractivity (Wildman–Crippen MR) is 81.0 cm³/mol. The summed E-state index contributed by atoms with van der Waals surface area (Å²) in [4.78, 5) is 34.5. The lowest BCUT2D eigenvalue weighted by Crippen LogP contribution is -2.66. The van der Waals surface area contributed by atoms with Crippen molar-refractivity contribution in [2.75, 3.05) is 0 Å². The van der Waals surface area contributed by atoms with Gasteiger partial charge in [-0.15, -0.1) is 0 Å². The third kappa shape index (κ3) is 5.37. The molecule has 0 aliphatic rings. The SMILES string of the molecule is C[C@H](NC(=O)[C@@](C)(NC(=O)OCc1ccccc1)C(F)(F)F)C(N)=O. The van der Waals surface area contributed by atoms with Crippen LogP contribution in [0.25, 0.3) is 0 Å². The van der Waals surface area contributed by atoms with Crippen LogP contribution in [0.4, 0.5) is 18.0 Å². The minimum absolute atomic E-state index is 0.278. The van der Waals surface area contributed by atoms with E-state index in [2.05, 4.69) is 0 Å². The third-order valence-electron chi connectivity index (χ3n) is 3.36. The van der Waals surface area contributed by atoms with E-state index in [0.29, 0.717) is 12.5 Å². The largest absolute Gasteiger partial charge is 0.445 e. The number of amides is 3. The van der Waals surface area contributed by atoms with E-state index in [1.54, 1.807) is 35.6 Å². The van der Waals surface area contributed by atoms with Gasteiger partial charge in [0.15, 0.2) is 0 Å². The molecule has 0 unspecified atom stereocenters. The minimum Gasteiger partial charge on any atom is -0.445 e. The fraction of sp³-hybridized carbons (Fsp3) is 0.400. The van der Waals surface area contributed by atoms with Gasteiger partial charge in [0.2, 0.25) is 11.4 Å². The van der Waals surface area contributed by atoms with Gasteiger partial charge in [-0.3, -0.25) is 14.9 Å². The lowest BCUT2D eigenvalue weighted by Gasteiger charge is -2.31. The lowest BCUT2D eigenvalue weighted by atomic mass is 10.00. The summed E-state index contributed by atoms with van der Waals surface area (Å²) >= 11 is 0. The molecule has 0 saturated carbocycles. The van der Waals surface area contributed by atoms with Crippen molar-refractivity contribution in [3.05, 3.63) is 35.9 Å². The van der Waals surface area contributed by atoms with Gasteiger partial charge in [0.1, 0.15) is 12.6 Å². The first-order valence-corrected chi connectivity index (χ1v) is 7.13. The lowest BCUT2D eigenvalue weighted by molar-refractivity contribution is -0.194. The van der Waals surface area contributed by atoms with Gasteiger partial charge in [-0.2, -0.15) is 13.2 Å². The predicted octanol–water partition coefficient (Wildman–Crippen LogP) is 1.22. The van der Waals surface area contributed by atoms with Gasteiger partial charge in [0.25, 0.3) is 5.91 Å². The van der Waals surface area contributed by atoms with Crippen LogP contribution in [0.1, 0.15) is 19.4 Å². The molecule has 4 N–H and O–H groups in total. The summed E-state index contributed by atoms with van der Waals surface area (Å²) in [7, 11) is 0. The molecule has 25 heavy (non-hydrogen) atoms. The van der Waals surface area contributed by atoms with E-state index >= 15 is 0 Å². The number of hydrogen-bond donors (Lipinski definition) is 3. The first-order valence-electron chi connectivity index (χ1n) is 7.13. The average Bonchev–Trinajstić information content (AvgIpc) is 2.52. The molecule has 0 aromatic heterocycles. The van der Waals surface area contributed by atoms with E-state index in [1.807, 2.05) is 0 Å². The van der Waals surface area contributed by atoms with Crippen molar-refractivity contribution < 1.29 is 32.3 Å². The van der Waals surface area contributed by atoms with Crippen molar-refractivity contribution in [2.45, 2.75) is 38.2 Å². The van der Waals surface area contributed by atoms with Crippen LogP contribution < -0.4 is 16.4 Å². The van der Waals surface area contributed by atoms with Gasteiger partial charge in [0.05, 0.1) is 0 Å². The maximum Gasteiger partial charge on any atom is 0.420 e. The van der Waals surface area contributed by atoms with E-state index in [9.17, 15) is 27.6 Å². The maximum absolute atomic E-state index is 13.3. The third-order valence-corrected chi connectivity index (χ3v) is 3.36. The molecule has 0 fully saturated rings. The number of alkyl carbamates (subject to hydrolysis) is 1. The molecular formula is C15H18F3N3O4. The zero-order valence-electron chi connectivity index (χ0n) is 13.5. The Morgan fingerprint density at radius 2 is 1.76 bits per heavy atom. The standard InChI is InChI=1S/C15H18F3N3O4/c1-9(11(19)22)20-12(23)14(2,15(16,17)18)21-13(24)25-8-10-6-4-3-5-7-10/h3-7,9H,8H2,1-2H3,(H2,19,22)(H,20,23)(H,21,24)/t9-,14+/m0/s1. The highest BCUT2D eigenvalue weighted by atomic mass is 19.4. The Labute approximate surface area is 141 Å². The molecule has 0 aliphatic carbocycles. The molecule has 1 rings (SSSR count). The summed E-state index contributed by atoms with van der Waals surface area (Å²) in [6.45, 7) is 1.30. The van der Waals surface area contributed by atoms with Gasteiger partial charge in [-0.05, 0) is 19.4 Å². The molecule has 3 amide bonds. The number of alkyl halides is 3. The molecule has 1 aromatic rings. The number of ether oxygens (including phenoxy) is 1. The van der Waals surface area contributed by atoms with Gasteiger partial charge in [-0.1, -0.05) is 30.3 Å². The van der Waals surface area contributed by atoms with E-state index in [1.165, 1.54) is 5.32 Å². The second kappa shape index (κ2) is 7.86.